The zero-order valence-electron chi connectivity index (χ0n) is 18.3. The van der Waals surface area contributed by atoms with Crippen molar-refractivity contribution in [3.63, 3.8) is 0 Å². The monoisotopic (exact) mass is 467 g/mol. The average molecular weight is 467 g/mol. The van der Waals surface area contributed by atoms with Crippen LogP contribution in [0.2, 0.25) is 0 Å². The Kier molecular flexibility index (Phi) is 6.53. The highest BCUT2D eigenvalue weighted by Crippen LogP contribution is 2.29. The van der Waals surface area contributed by atoms with E-state index in [4.69, 9.17) is 15.2 Å². The van der Waals surface area contributed by atoms with Crippen LogP contribution in [0, 0.1) is 5.82 Å². The number of nitrogens with zero attached hydrogens (tertiary/aromatic N) is 4. The van der Waals surface area contributed by atoms with Crippen LogP contribution in [-0.2, 0) is 14.3 Å². The van der Waals surface area contributed by atoms with E-state index < -0.39 is 29.9 Å². The molecule has 176 valence electrons. The van der Waals surface area contributed by atoms with Gasteiger partial charge in [-0.1, -0.05) is 0 Å². The standard InChI is InChI=1S/C23H22FN5O5/c1-2-33-22(31)19-12-28(13-27-19)21-8-3-14(10-26-21)17-6-4-15(9-18(17)24)29-11-16(34-23(29)32)5-7-20(25)30/h3-4,6,8-10,12-13,16H,2,5,7,11H2,1H3,(H2,25,30). The van der Waals surface area contributed by atoms with E-state index >= 15 is 0 Å². The normalized spacial score (nSPS) is 15.3. The summed E-state index contributed by atoms with van der Waals surface area (Å²) in [6.07, 6.45) is 3.78. The summed E-state index contributed by atoms with van der Waals surface area (Å²) in [5, 5.41) is 0. The van der Waals surface area contributed by atoms with E-state index in [-0.39, 0.29) is 25.3 Å². The number of imidazole rings is 1. The zero-order chi connectivity index (χ0) is 24.2. The molecule has 3 aromatic rings. The minimum atomic E-state index is -0.602. The molecule has 1 aliphatic rings. The Balaban J connectivity index is 1.48. The molecule has 3 heterocycles. The van der Waals surface area contributed by atoms with Gasteiger partial charge < -0.3 is 15.2 Å². The minimum absolute atomic E-state index is 0.102. The van der Waals surface area contributed by atoms with E-state index in [1.807, 2.05) is 0 Å². The largest absolute Gasteiger partial charge is 0.461 e. The highest BCUT2D eigenvalue weighted by Gasteiger charge is 2.32. The van der Waals surface area contributed by atoms with Gasteiger partial charge in [-0.25, -0.2) is 23.9 Å². The van der Waals surface area contributed by atoms with Crippen molar-refractivity contribution < 1.29 is 28.2 Å². The second-order valence-corrected chi connectivity index (χ2v) is 7.58. The first-order valence-electron chi connectivity index (χ1n) is 10.6. The van der Waals surface area contributed by atoms with Gasteiger partial charge in [0.1, 0.15) is 24.1 Å². The van der Waals surface area contributed by atoms with E-state index in [2.05, 4.69) is 9.97 Å². The van der Waals surface area contributed by atoms with Crippen LogP contribution >= 0.6 is 0 Å². The van der Waals surface area contributed by atoms with Crippen molar-refractivity contribution in [1.29, 1.82) is 0 Å². The molecular formula is C23H22FN5O5. The molecule has 11 heteroatoms. The molecule has 0 radical (unpaired) electrons. The lowest BCUT2D eigenvalue weighted by atomic mass is 10.1. The maximum atomic E-state index is 14.9. The Hall–Kier alpha value is -4.28. The Morgan fingerprint density at radius 1 is 1.26 bits per heavy atom. The molecule has 0 bridgehead atoms. The van der Waals surface area contributed by atoms with Gasteiger partial charge in [0.15, 0.2) is 5.69 Å². The predicted molar refractivity (Wildman–Crippen MR) is 119 cm³/mol. The molecule has 1 atom stereocenters. The smallest absolute Gasteiger partial charge is 0.414 e. The quantitative estimate of drug-likeness (QED) is 0.504. The lowest BCUT2D eigenvalue weighted by Gasteiger charge is -2.14. The molecule has 0 spiro atoms. The topological polar surface area (TPSA) is 130 Å². The molecular weight excluding hydrogens is 445 g/mol. The second-order valence-electron chi connectivity index (χ2n) is 7.58. The van der Waals surface area contributed by atoms with E-state index in [0.29, 0.717) is 29.1 Å². The Bertz CT molecular complexity index is 1230. The molecule has 34 heavy (non-hydrogen) atoms. The number of carbonyl (C=O) groups excluding carboxylic acids is 3. The Morgan fingerprint density at radius 2 is 2.09 bits per heavy atom. The first-order chi connectivity index (χ1) is 16.4. The van der Waals surface area contributed by atoms with Crippen LogP contribution in [0.3, 0.4) is 0 Å². The second kappa shape index (κ2) is 9.69. The fraction of sp³-hybridized carbons (Fsp3) is 0.261. The predicted octanol–water partition coefficient (Wildman–Crippen LogP) is 2.84. The number of pyridine rings is 1. The van der Waals surface area contributed by atoms with Crippen LogP contribution in [-0.4, -0.2) is 51.8 Å². The van der Waals surface area contributed by atoms with Crippen LogP contribution in [0.25, 0.3) is 16.9 Å². The maximum absolute atomic E-state index is 14.9. The lowest BCUT2D eigenvalue weighted by Crippen LogP contribution is -2.25. The van der Waals surface area contributed by atoms with Crippen molar-refractivity contribution in [1.82, 2.24) is 14.5 Å². The number of carbonyl (C=O) groups is 3. The fourth-order valence-corrected chi connectivity index (χ4v) is 3.55. The fourth-order valence-electron chi connectivity index (χ4n) is 3.55. The number of anilines is 1. The molecule has 1 aliphatic heterocycles. The molecule has 2 aromatic heterocycles. The van der Waals surface area contributed by atoms with Crippen molar-refractivity contribution in [2.75, 3.05) is 18.1 Å². The SMILES string of the molecule is CCOC(=O)c1cn(-c2ccc(-c3ccc(N4CC(CCC(N)=O)OC4=O)cc3F)cn2)cn1. The van der Waals surface area contributed by atoms with E-state index in [1.54, 1.807) is 35.8 Å². The molecule has 2 N–H and O–H groups in total. The van der Waals surface area contributed by atoms with E-state index in [9.17, 15) is 18.8 Å². The number of benzene rings is 1. The van der Waals surface area contributed by atoms with Crippen molar-refractivity contribution in [2.45, 2.75) is 25.9 Å². The van der Waals surface area contributed by atoms with Crippen molar-refractivity contribution >= 4 is 23.7 Å². The van der Waals surface area contributed by atoms with Crippen LogP contribution in [0.1, 0.15) is 30.3 Å². The van der Waals surface area contributed by atoms with E-state index in [0.717, 1.165) is 0 Å². The third kappa shape index (κ3) is 4.87. The minimum Gasteiger partial charge on any atom is -0.461 e. The number of aromatic nitrogens is 3. The third-order valence-electron chi connectivity index (χ3n) is 5.24. The number of amides is 2. The molecule has 1 fully saturated rings. The van der Waals surface area contributed by atoms with Gasteiger partial charge in [-0.2, -0.15) is 0 Å². The number of hydrogen-bond acceptors (Lipinski definition) is 7. The Morgan fingerprint density at radius 3 is 2.76 bits per heavy atom. The number of rotatable bonds is 8. The van der Waals surface area contributed by atoms with Gasteiger partial charge in [0, 0.05) is 29.9 Å². The van der Waals surface area contributed by atoms with Gasteiger partial charge in [0.05, 0.1) is 18.8 Å². The number of cyclic esters (lactones) is 1. The number of halogens is 1. The molecule has 10 nitrogen and oxygen atoms in total. The van der Waals surface area contributed by atoms with Crippen LogP contribution in [0.15, 0.2) is 49.1 Å². The molecule has 0 saturated carbocycles. The number of nitrogens with two attached hydrogens (primary N) is 1. The average Bonchev–Trinajstić information content (AvgIpc) is 3.45. The number of ether oxygens (including phenoxy) is 2. The highest BCUT2D eigenvalue weighted by atomic mass is 19.1. The van der Waals surface area contributed by atoms with Crippen molar-refractivity contribution in [3.8, 4) is 16.9 Å². The lowest BCUT2D eigenvalue weighted by molar-refractivity contribution is -0.118. The number of hydrogen-bond donors (Lipinski definition) is 1. The first kappa shape index (κ1) is 22.9. The van der Waals surface area contributed by atoms with Gasteiger partial charge >= 0.3 is 12.1 Å². The van der Waals surface area contributed by atoms with E-state index in [1.165, 1.54) is 29.7 Å². The van der Waals surface area contributed by atoms with Crippen LogP contribution < -0.4 is 10.6 Å². The number of esters is 1. The van der Waals surface area contributed by atoms with Crippen molar-refractivity contribution in [2.24, 2.45) is 5.73 Å². The summed E-state index contributed by atoms with van der Waals surface area (Å²) in [4.78, 5) is 44.5. The Labute approximate surface area is 194 Å². The van der Waals surface area contributed by atoms with Crippen molar-refractivity contribution in [3.05, 3.63) is 60.6 Å². The molecule has 1 unspecified atom stereocenters. The summed E-state index contributed by atoms with van der Waals surface area (Å²) in [5.41, 5.74) is 6.48. The summed E-state index contributed by atoms with van der Waals surface area (Å²) in [5.74, 6) is -1.04. The summed E-state index contributed by atoms with van der Waals surface area (Å²) < 4.78 is 26.6. The molecule has 4 rings (SSSR count). The van der Waals surface area contributed by atoms with Gasteiger partial charge in [-0.05, 0) is 43.7 Å². The summed E-state index contributed by atoms with van der Waals surface area (Å²) in [6.45, 7) is 2.17. The molecule has 1 aromatic carbocycles. The highest BCUT2D eigenvalue weighted by molar-refractivity contribution is 5.90. The number of primary amides is 1. The first-order valence-corrected chi connectivity index (χ1v) is 10.6. The van der Waals surface area contributed by atoms with Gasteiger partial charge in [0.25, 0.3) is 0 Å². The summed E-state index contributed by atoms with van der Waals surface area (Å²) >= 11 is 0. The molecule has 2 amide bonds. The molecule has 1 saturated heterocycles. The molecule has 0 aliphatic carbocycles. The maximum Gasteiger partial charge on any atom is 0.414 e. The third-order valence-corrected chi connectivity index (χ3v) is 5.24. The van der Waals surface area contributed by atoms with Gasteiger partial charge in [-0.15, -0.1) is 0 Å². The van der Waals surface area contributed by atoms with Gasteiger partial charge in [0.2, 0.25) is 5.91 Å². The van der Waals surface area contributed by atoms with Gasteiger partial charge in [-0.3, -0.25) is 14.3 Å². The van der Waals surface area contributed by atoms with Crippen LogP contribution in [0.4, 0.5) is 14.9 Å². The summed E-state index contributed by atoms with van der Waals surface area (Å²) in [7, 11) is 0. The zero-order valence-corrected chi connectivity index (χ0v) is 18.3. The summed E-state index contributed by atoms with van der Waals surface area (Å²) in [6, 6.07) is 7.78. The van der Waals surface area contributed by atoms with Crippen LogP contribution in [0.5, 0.6) is 0 Å².